The second-order valence-electron chi connectivity index (χ2n) is 6.81. The Kier molecular flexibility index (Phi) is 6.45. The van der Waals surface area contributed by atoms with Crippen LogP contribution in [-0.4, -0.2) is 26.2 Å². The Bertz CT molecular complexity index is 1410. The summed E-state index contributed by atoms with van der Waals surface area (Å²) in [4.78, 5) is 34.2. The van der Waals surface area contributed by atoms with E-state index in [0.29, 0.717) is 27.2 Å². The fraction of sp³-hybridized carbons (Fsp3) is 0.0909. The molecule has 6 nitrogen and oxygen atoms in total. The third-order valence-corrected chi connectivity index (χ3v) is 5.99. The number of aromatic nitrogens is 3. The number of nitrogens with zero attached hydrogens (tertiary/aromatic N) is 3. The highest BCUT2D eigenvalue weighted by molar-refractivity contribution is 7.99. The Morgan fingerprint density at radius 1 is 1.19 bits per heavy atom. The van der Waals surface area contributed by atoms with E-state index in [2.05, 4.69) is 15.3 Å². The molecule has 0 unspecified atom stereocenters. The van der Waals surface area contributed by atoms with Gasteiger partial charge in [-0.05, 0) is 42.8 Å². The van der Waals surface area contributed by atoms with Gasteiger partial charge in [-0.3, -0.25) is 14.2 Å². The molecule has 1 N–H and O–H groups in total. The van der Waals surface area contributed by atoms with E-state index in [1.807, 2.05) is 0 Å². The lowest BCUT2D eigenvalue weighted by atomic mass is 10.2. The summed E-state index contributed by atoms with van der Waals surface area (Å²) in [7, 11) is 0. The van der Waals surface area contributed by atoms with Gasteiger partial charge in [0.2, 0.25) is 5.91 Å². The third kappa shape index (κ3) is 4.62. The average molecular weight is 489 g/mol. The third-order valence-electron chi connectivity index (χ3n) is 4.56. The van der Waals surface area contributed by atoms with Crippen molar-refractivity contribution in [3.05, 3.63) is 86.5 Å². The number of thioether (sulfide) groups is 1. The van der Waals surface area contributed by atoms with Gasteiger partial charge in [0, 0.05) is 6.20 Å². The summed E-state index contributed by atoms with van der Waals surface area (Å²) in [5.41, 5.74) is 0.897. The molecule has 0 atom stereocenters. The molecule has 4 rings (SSSR count). The standard InChI is InChI=1S/C22H15Cl2FN4O2S/c1-12-6-7-14(9-17(12)25)29-21(31)15-4-2-3-5-18(15)27-22(29)32-11-19(30)28-20-16(24)8-13(23)10-26-20/h2-10H,11H2,1H3,(H,26,28,30). The van der Waals surface area contributed by atoms with Crippen LogP contribution in [0, 0.1) is 12.7 Å². The van der Waals surface area contributed by atoms with Gasteiger partial charge < -0.3 is 5.32 Å². The second kappa shape index (κ2) is 9.28. The summed E-state index contributed by atoms with van der Waals surface area (Å²) in [5.74, 6) is -0.763. The van der Waals surface area contributed by atoms with Gasteiger partial charge in [-0.15, -0.1) is 0 Å². The van der Waals surface area contributed by atoms with E-state index < -0.39 is 11.7 Å². The van der Waals surface area contributed by atoms with Crippen molar-refractivity contribution in [3.63, 3.8) is 0 Å². The maximum absolute atomic E-state index is 14.2. The van der Waals surface area contributed by atoms with Crippen molar-refractivity contribution in [2.75, 3.05) is 11.1 Å². The van der Waals surface area contributed by atoms with Crippen molar-refractivity contribution in [3.8, 4) is 5.69 Å². The largest absolute Gasteiger partial charge is 0.309 e. The molecule has 2 aromatic carbocycles. The van der Waals surface area contributed by atoms with Gasteiger partial charge in [0.25, 0.3) is 5.56 Å². The lowest BCUT2D eigenvalue weighted by molar-refractivity contribution is -0.113. The van der Waals surface area contributed by atoms with Crippen LogP contribution < -0.4 is 10.9 Å². The zero-order valence-corrected chi connectivity index (χ0v) is 18.9. The normalized spacial score (nSPS) is 11.0. The Hall–Kier alpha value is -2.94. The fourth-order valence-electron chi connectivity index (χ4n) is 2.96. The number of rotatable bonds is 5. The highest BCUT2D eigenvalue weighted by Crippen LogP contribution is 2.25. The second-order valence-corrected chi connectivity index (χ2v) is 8.59. The summed E-state index contributed by atoms with van der Waals surface area (Å²) in [6, 6.07) is 12.8. The Morgan fingerprint density at radius 2 is 1.97 bits per heavy atom. The maximum atomic E-state index is 14.2. The van der Waals surface area contributed by atoms with Crippen molar-refractivity contribution in [2.45, 2.75) is 12.1 Å². The molecule has 162 valence electrons. The quantitative estimate of drug-likeness (QED) is 0.306. The van der Waals surface area contributed by atoms with Gasteiger partial charge in [-0.25, -0.2) is 14.4 Å². The van der Waals surface area contributed by atoms with E-state index in [1.54, 1.807) is 43.3 Å². The number of carbonyl (C=O) groups excluding carboxylic acids is 1. The molecule has 0 aliphatic heterocycles. The van der Waals surface area contributed by atoms with Crippen LogP contribution in [0.2, 0.25) is 10.0 Å². The van der Waals surface area contributed by atoms with E-state index >= 15 is 0 Å². The number of amides is 1. The molecule has 0 saturated heterocycles. The SMILES string of the molecule is Cc1ccc(-n2c(SCC(=O)Nc3ncc(Cl)cc3Cl)nc3ccccc3c2=O)cc1F. The molecule has 1 amide bonds. The smallest absolute Gasteiger partial charge is 0.266 e. The van der Waals surface area contributed by atoms with E-state index in [1.165, 1.54) is 22.9 Å². The van der Waals surface area contributed by atoms with Crippen molar-refractivity contribution in [2.24, 2.45) is 0 Å². The van der Waals surface area contributed by atoms with Crippen LogP contribution in [0.1, 0.15) is 5.56 Å². The molecule has 0 aliphatic rings. The number of hydrogen-bond donors (Lipinski definition) is 1. The van der Waals surface area contributed by atoms with E-state index in [4.69, 9.17) is 23.2 Å². The number of nitrogens with one attached hydrogen (secondary N) is 1. The van der Waals surface area contributed by atoms with Crippen LogP contribution in [0.25, 0.3) is 16.6 Å². The minimum Gasteiger partial charge on any atom is -0.309 e. The molecule has 0 spiro atoms. The average Bonchev–Trinajstić information content (AvgIpc) is 2.76. The number of carbonyl (C=O) groups is 1. The number of fused-ring (bicyclic) bond motifs is 1. The van der Waals surface area contributed by atoms with Gasteiger partial charge >= 0.3 is 0 Å². The topological polar surface area (TPSA) is 76.9 Å². The Morgan fingerprint density at radius 3 is 2.72 bits per heavy atom. The van der Waals surface area contributed by atoms with Crippen LogP contribution in [0.5, 0.6) is 0 Å². The van der Waals surface area contributed by atoms with Crippen LogP contribution in [0.3, 0.4) is 0 Å². The first-order valence-electron chi connectivity index (χ1n) is 9.35. The van der Waals surface area contributed by atoms with Gasteiger partial charge in [-0.1, -0.05) is 53.2 Å². The Balaban J connectivity index is 1.68. The summed E-state index contributed by atoms with van der Waals surface area (Å²) < 4.78 is 15.5. The maximum Gasteiger partial charge on any atom is 0.266 e. The van der Waals surface area contributed by atoms with Gasteiger partial charge in [-0.2, -0.15) is 0 Å². The van der Waals surface area contributed by atoms with Gasteiger partial charge in [0.15, 0.2) is 11.0 Å². The monoisotopic (exact) mass is 488 g/mol. The first-order valence-corrected chi connectivity index (χ1v) is 11.1. The number of hydrogen-bond acceptors (Lipinski definition) is 5. The number of aryl methyl sites for hydroxylation is 1. The fourth-order valence-corrected chi connectivity index (χ4v) is 4.20. The zero-order valence-electron chi connectivity index (χ0n) is 16.6. The summed E-state index contributed by atoms with van der Waals surface area (Å²) in [6.45, 7) is 1.64. The summed E-state index contributed by atoms with van der Waals surface area (Å²) >= 11 is 12.9. The minimum atomic E-state index is -0.445. The van der Waals surface area contributed by atoms with Crippen LogP contribution >= 0.6 is 35.0 Å². The molecule has 0 radical (unpaired) electrons. The van der Waals surface area contributed by atoms with Crippen molar-refractivity contribution in [1.29, 1.82) is 0 Å². The van der Waals surface area contributed by atoms with Crippen molar-refractivity contribution in [1.82, 2.24) is 14.5 Å². The molecule has 10 heteroatoms. The van der Waals surface area contributed by atoms with E-state index in [0.717, 1.165) is 11.8 Å². The predicted octanol–water partition coefficient (Wildman–Crippen LogP) is 5.27. The summed E-state index contributed by atoms with van der Waals surface area (Å²) in [5, 5.41) is 3.78. The molecule has 32 heavy (non-hydrogen) atoms. The molecule has 2 heterocycles. The van der Waals surface area contributed by atoms with Gasteiger partial charge in [0.1, 0.15) is 5.82 Å². The number of anilines is 1. The lowest BCUT2D eigenvalue weighted by Gasteiger charge is -2.14. The highest BCUT2D eigenvalue weighted by Gasteiger charge is 2.16. The number of pyridine rings is 1. The van der Waals surface area contributed by atoms with Crippen molar-refractivity contribution < 1.29 is 9.18 Å². The van der Waals surface area contributed by atoms with Crippen molar-refractivity contribution >= 4 is 57.6 Å². The molecule has 0 fully saturated rings. The zero-order chi connectivity index (χ0) is 22.8. The van der Waals surface area contributed by atoms with Crippen LogP contribution in [-0.2, 0) is 4.79 Å². The van der Waals surface area contributed by atoms with Crippen LogP contribution in [0.15, 0.2) is 64.7 Å². The predicted molar refractivity (Wildman–Crippen MR) is 126 cm³/mol. The summed E-state index contributed by atoms with van der Waals surface area (Å²) in [6.07, 6.45) is 1.37. The highest BCUT2D eigenvalue weighted by atomic mass is 35.5. The minimum absolute atomic E-state index is 0.0836. The molecule has 0 aliphatic carbocycles. The number of halogens is 3. The number of benzene rings is 2. The molecular weight excluding hydrogens is 474 g/mol. The Labute approximate surface area is 196 Å². The molecule has 0 saturated carbocycles. The molecule has 0 bridgehead atoms. The van der Waals surface area contributed by atoms with E-state index in [9.17, 15) is 14.0 Å². The first kappa shape index (κ1) is 22.3. The first-order chi connectivity index (χ1) is 15.3. The molecular formula is C22H15Cl2FN4O2S. The molecule has 2 aromatic heterocycles. The number of para-hydroxylation sites is 1. The molecule has 4 aromatic rings. The van der Waals surface area contributed by atoms with E-state index in [-0.39, 0.29) is 27.3 Å². The van der Waals surface area contributed by atoms with Crippen LogP contribution in [0.4, 0.5) is 10.2 Å². The lowest BCUT2D eigenvalue weighted by Crippen LogP contribution is -2.23. The van der Waals surface area contributed by atoms with Gasteiger partial charge in [0.05, 0.1) is 32.4 Å².